The van der Waals surface area contributed by atoms with Gasteiger partial charge in [0.2, 0.25) is 0 Å². The highest BCUT2D eigenvalue weighted by molar-refractivity contribution is 5.79. The first-order valence-electron chi connectivity index (χ1n) is 6.36. The summed E-state index contributed by atoms with van der Waals surface area (Å²) >= 11 is 0. The topological polar surface area (TPSA) is 45.7 Å². The normalized spacial score (nSPS) is 11.6. The van der Waals surface area contributed by atoms with E-state index in [2.05, 4.69) is 29.5 Å². The Morgan fingerprint density at radius 3 is 2.56 bits per heavy atom. The van der Waals surface area contributed by atoms with Gasteiger partial charge in [0.15, 0.2) is 5.96 Å². The molecular formula is C12H27N3O. The molecule has 0 heterocycles. The van der Waals surface area contributed by atoms with E-state index in [1.807, 2.05) is 0 Å². The number of hydrogen-bond acceptors (Lipinski definition) is 2. The van der Waals surface area contributed by atoms with Gasteiger partial charge in [0.05, 0.1) is 0 Å². The number of ether oxygens (including phenoxy) is 1. The first-order chi connectivity index (χ1) is 7.85. The summed E-state index contributed by atoms with van der Waals surface area (Å²) in [5.74, 6) is 0.926. The number of nitrogens with zero attached hydrogens (tertiary/aromatic N) is 1. The second kappa shape index (κ2) is 12.3. The van der Waals surface area contributed by atoms with Crippen molar-refractivity contribution in [3.05, 3.63) is 0 Å². The summed E-state index contributed by atoms with van der Waals surface area (Å²) < 4.78 is 4.99. The maximum atomic E-state index is 4.99. The Kier molecular flexibility index (Phi) is 11.7. The zero-order valence-corrected chi connectivity index (χ0v) is 11.0. The van der Waals surface area contributed by atoms with E-state index in [9.17, 15) is 0 Å². The van der Waals surface area contributed by atoms with Crippen LogP contribution in [-0.2, 0) is 4.74 Å². The van der Waals surface area contributed by atoms with E-state index >= 15 is 0 Å². The van der Waals surface area contributed by atoms with Crippen molar-refractivity contribution in [2.45, 2.75) is 39.5 Å². The molecule has 0 aliphatic heterocycles. The second-order valence-electron chi connectivity index (χ2n) is 3.74. The molecule has 0 fully saturated rings. The molecular weight excluding hydrogens is 202 g/mol. The van der Waals surface area contributed by atoms with Crippen molar-refractivity contribution in [3.8, 4) is 0 Å². The Bertz CT molecular complexity index is 172. The average molecular weight is 229 g/mol. The van der Waals surface area contributed by atoms with E-state index in [-0.39, 0.29) is 0 Å². The third kappa shape index (κ3) is 9.77. The first-order valence-corrected chi connectivity index (χ1v) is 6.36. The third-order valence-electron chi connectivity index (χ3n) is 2.19. The second-order valence-corrected chi connectivity index (χ2v) is 3.74. The van der Waals surface area contributed by atoms with E-state index in [0.717, 1.165) is 38.6 Å². The molecule has 16 heavy (non-hydrogen) atoms. The molecule has 0 spiro atoms. The minimum absolute atomic E-state index is 0.777. The number of nitrogens with one attached hydrogen (secondary N) is 2. The fourth-order valence-electron chi connectivity index (χ4n) is 1.32. The van der Waals surface area contributed by atoms with Crippen LogP contribution in [0.1, 0.15) is 39.5 Å². The molecule has 0 aliphatic carbocycles. The molecule has 0 unspecified atom stereocenters. The van der Waals surface area contributed by atoms with Gasteiger partial charge in [-0.2, -0.15) is 0 Å². The van der Waals surface area contributed by atoms with Gasteiger partial charge in [0.25, 0.3) is 0 Å². The van der Waals surface area contributed by atoms with E-state index in [1.165, 1.54) is 19.3 Å². The molecule has 0 rings (SSSR count). The summed E-state index contributed by atoms with van der Waals surface area (Å²) in [5.41, 5.74) is 0. The Morgan fingerprint density at radius 1 is 1.12 bits per heavy atom. The number of rotatable bonds is 9. The summed E-state index contributed by atoms with van der Waals surface area (Å²) in [6.45, 7) is 7.80. The van der Waals surface area contributed by atoms with Gasteiger partial charge in [-0.15, -0.1) is 0 Å². The molecule has 0 aliphatic rings. The quantitative estimate of drug-likeness (QED) is 0.360. The van der Waals surface area contributed by atoms with Crippen LogP contribution < -0.4 is 10.6 Å². The number of methoxy groups -OCH3 is 1. The third-order valence-corrected chi connectivity index (χ3v) is 2.19. The number of guanidine groups is 1. The maximum absolute atomic E-state index is 4.99. The molecule has 0 saturated heterocycles. The smallest absolute Gasteiger partial charge is 0.191 e. The van der Waals surface area contributed by atoms with Gasteiger partial charge in [-0.1, -0.05) is 19.8 Å². The summed E-state index contributed by atoms with van der Waals surface area (Å²) in [4.78, 5) is 4.46. The van der Waals surface area contributed by atoms with E-state index in [4.69, 9.17) is 4.74 Å². The number of hydrogen-bond donors (Lipinski definition) is 2. The van der Waals surface area contributed by atoms with Crippen molar-refractivity contribution in [3.63, 3.8) is 0 Å². The molecule has 0 atom stereocenters. The zero-order valence-electron chi connectivity index (χ0n) is 11.0. The molecule has 0 bridgehead atoms. The standard InChI is InChI=1S/C12H27N3O/c1-4-6-7-9-14-12(13-5-2)15-10-8-11-16-3/h4-11H2,1-3H3,(H2,13,14,15). The lowest BCUT2D eigenvalue weighted by Gasteiger charge is -2.10. The molecule has 4 nitrogen and oxygen atoms in total. The van der Waals surface area contributed by atoms with Crippen LogP contribution in [0.25, 0.3) is 0 Å². The van der Waals surface area contributed by atoms with Gasteiger partial charge >= 0.3 is 0 Å². The Balaban J connectivity index is 3.67. The molecule has 2 N–H and O–H groups in total. The molecule has 4 heteroatoms. The van der Waals surface area contributed by atoms with Crippen LogP contribution in [0.4, 0.5) is 0 Å². The van der Waals surface area contributed by atoms with Crippen molar-refractivity contribution < 1.29 is 4.74 Å². The Hall–Kier alpha value is -0.770. The van der Waals surface area contributed by atoms with Crippen LogP contribution in [0.2, 0.25) is 0 Å². The lowest BCUT2D eigenvalue weighted by molar-refractivity contribution is 0.197. The van der Waals surface area contributed by atoms with Crippen molar-refractivity contribution in [1.29, 1.82) is 0 Å². The highest BCUT2D eigenvalue weighted by Gasteiger charge is 1.95. The van der Waals surface area contributed by atoms with Crippen LogP contribution >= 0.6 is 0 Å². The van der Waals surface area contributed by atoms with Crippen molar-refractivity contribution in [2.75, 3.05) is 33.4 Å². The minimum atomic E-state index is 0.777. The van der Waals surface area contributed by atoms with E-state index in [0.29, 0.717) is 0 Å². The molecule has 0 amide bonds. The van der Waals surface area contributed by atoms with Gasteiger partial charge < -0.3 is 15.4 Å². The van der Waals surface area contributed by atoms with Gasteiger partial charge in [0.1, 0.15) is 0 Å². The summed E-state index contributed by atoms with van der Waals surface area (Å²) in [6.07, 6.45) is 4.71. The van der Waals surface area contributed by atoms with Crippen molar-refractivity contribution in [2.24, 2.45) is 4.99 Å². The summed E-state index contributed by atoms with van der Waals surface area (Å²) in [5, 5.41) is 6.56. The molecule has 0 aromatic heterocycles. The van der Waals surface area contributed by atoms with Crippen molar-refractivity contribution >= 4 is 5.96 Å². The predicted molar refractivity (Wildman–Crippen MR) is 70.0 cm³/mol. The Morgan fingerprint density at radius 2 is 1.94 bits per heavy atom. The fraction of sp³-hybridized carbons (Fsp3) is 0.917. The number of aliphatic imine (C=N–C) groups is 1. The molecule has 0 aromatic carbocycles. The van der Waals surface area contributed by atoms with Gasteiger partial charge in [-0.05, 0) is 19.8 Å². The van der Waals surface area contributed by atoms with Crippen LogP contribution in [0.5, 0.6) is 0 Å². The predicted octanol–water partition coefficient (Wildman–Crippen LogP) is 1.77. The monoisotopic (exact) mass is 229 g/mol. The SMILES string of the molecule is CCCCCNC(=NCCCOC)NCC. The van der Waals surface area contributed by atoms with Crippen LogP contribution in [0, 0.1) is 0 Å². The lowest BCUT2D eigenvalue weighted by atomic mass is 10.2. The molecule has 0 saturated carbocycles. The van der Waals surface area contributed by atoms with Gasteiger partial charge in [-0.3, -0.25) is 4.99 Å². The zero-order chi connectivity index (χ0) is 12.1. The van der Waals surface area contributed by atoms with Crippen LogP contribution in [0.3, 0.4) is 0 Å². The lowest BCUT2D eigenvalue weighted by Crippen LogP contribution is -2.37. The summed E-state index contributed by atoms with van der Waals surface area (Å²) in [7, 11) is 1.72. The molecule has 96 valence electrons. The van der Waals surface area contributed by atoms with E-state index in [1.54, 1.807) is 7.11 Å². The molecule has 0 aromatic rings. The maximum Gasteiger partial charge on any atom is 0.191 e. The number of unbranched alkanes of at least 4 members (excludes halogenated alkanes) is 2. The largest absolute Gasteiger partial charge is 0.385 e. The Labute approximate surface area is 99.9 Å². The summed E-state index contributed by atoms with van der Waals surface area (Å²) in [6, 6.07) is 0. The van der Waals surface area contributed by atoms with Gasteiger partial charge in [0, 0.05) is 33.4 Å². The minimum Gasteiger partial charge on any atom is -0.385 e. The van der Waals surface area contributed by atoms with Crippen molar-refractivity contribution in [1.82, 2.24) is 10.6 Å². The van der Waals surface area contributed by atoms with Crippen LogP contribution in [-0.4, -0.2) is 39.3 Å². The van der Waals surface area contributed by atoms with Crippen LogP contribution in [0.15, 0.2) is 4.99 Å². The van der Waals surface area contributed by atoms with Gasteiger partial charge in [-0.25, -0.2) is 0 Å². The first kappa shape index (κ1) is 15.2. The molecule has 0 radical (unpaired) electrons. The fourth-order valence-corrected chi connectivity index (χ4v) is 1.32. The highest BCUT2D eigenvalue weighted by atomic mass is 16.5. The van der Waals surface area contributed by atoms with E-state index < -0.39 is 0 Å². The highest BCUT2D eigenvalue weighted by Crippen LogP contribution is 1.91. The average Bonchev–Trinajstić information content (AvgIpc) is 2.30.